The Morgan fingerprint density at radius 3 is 2.16 bits per heavy atom. The topological polar surface area (TPSA) is 349 Å². The first-order chi connectivity index (χ1) is 49.4. The maximum Gasteiger partial charge on any atom is 0.409 e. The van der Waals surface area contributed by atoms with Crippen LogP contribution in [0.3, 0.4) is 0 Å². The van der Waals surface area contributed by atoms with Crippen LogP contribution in [0.2, 0.25) is 0 Å². The molecule has 3 aromatic carbocycles. The first-order valence-electron chi connectivity index (χ1n) is 35.3. The molecule has 1 saturated heterocycles. The van der Waals surface area contributed by atoms with Crippen molar-refractivity contribution >= 4 is 64.6 Å². The maximum atomic E-state index is 17.9. The van der Waals surface area contributed by atoms with Crippen LogP contribution in [0.4, 0.5) is 29.7 Å². The number of nitrogens with zero attached hydrogens (tertiary/aromatic N) is 1. The van der Waals surface area contributed by atoms with Gasteiger partial charge < -0.3 is 80.2 Å². The Morgan fingerprint density at radius 2 is 1.45 bits per heavy atom. The molecule has 558 valence electrons. The summed E-state index contributed by atoms with van der Waals surface area (Å²) < 4.78 is 80.3. The zero-order valence-electron chi connectivity index (χ0n) is 59.0. The van der Waals surface area contributed by atoms with Gasteiger partial charge in [-0.3, -0.25) is 38.9 Å². The van der Waals surface area contributed by atoms with Crippen LogP contribution >= 0.6 is 0 Å². The molecule has 3 aromatic rings. The van der Waals surface area contributed by atoms with Crippen molar-refractivity contribution in [2.75, 3.05) is 89.5 Å². The fourth-order valence-electron chi connectivity index (χ4n) is 15.0. The van der Waals surface area contributed by atoms with Gasteiger partial charge >= 0.3 is 12.1 Å². The van der Waals surface area contributed by atoms with Crippen LogP contribution in [0.1, 0.15) is 121 Å². The van der Waals surface area contributed by atoms with Crippen molar-refractivity contribution in [3.63, 3.8) is 0 Å². The molecule has 1 unspecified atom stereocenters. The number of fused-ring (bicyclic) bond motifs is 9. The number of urea groups is 1. The number of carbonyl (C=O) groups excluding carboxylic acids is 9. The quantitative estimate of drug-likeness (QED) is 0.0187. The maximum absolute atomic E-state index is 17.9. The standard InChI is InChI=1S/C75H96F2N8O18/c1-6-12-66-102-62-41-54-55-40-57(76)56-39-53(86)26-28-72(56,4)74(55,77)60(87)42-73(54,5)75(62,103-66)61(88)45-100-46-81-71(95)101-44-48-18-22-52(23-19-48)82-68(92)58(16-11-29-80-70(78)94)83-69(93)67(47(2)3)84-64(90)27-31-96-33-35-98-37-38-99-36-34-97-32-30-79-63(89)24-25-65(91)85-43-51-15-8-7-13-49(51)20-21-50-14-9-10-17-59(50)85/h7-10,13-15,17-19,22-23,26,28,39,47,54-55,57-58,60,62,66-67,87H,6,11-12,16,24-25,27,29-38,40-46H2,1-5H3,(H,79,89)(H,81,95)(H,82,92)(H,83,93)(H,84,90)(H3,78,80,94)/t54-,55-,57-,58-,60-,62+,66?,67-,72-,73-,74-,75+/m0/s1. The second-order valence-electron chi connectivity index (χ2n) is 27.4. The minimum absolute atomic E-state index is 0.0110. The summed E-state index contributed by atoms with van der Waals surface area (Å²) in [6.45, 7) is 10.0. The van der Waals surface area contributed by atoms with E-state index in [2.05, 4.69) is 43.7 Å². The Balaban J connectivity index is 0.631. The number of benzene rings is 3. The molecule has 6 aliphatic rings. The van der Waals surface area contributed by atoms with Crippen molar-refractivity contribution in [3.8, 4) is 11.8 Å². The minimum Gasteiger partial charge on any atom is -0.445 e. The van der Waals surface area contributed by atoms with Gasteiger partial charge in [0.05, 0.1) is 77.3 Å². The highest BCUT2D eigenvalue weighted by Gasteiger charge is 2.80. The number of ether oxygens (including phenoxy) is 8. The first-order valence-corrected chi connectivity index (χ1v) is 35.3. The van der Waals surface area contributed by atoms with Crippen molar-refractivity contribution < 1.29 is 94.9 Å². The molecule has 9 rings (SSSR count). The van der Waals surface area contributed by atoms with Gasteiger partial charge in [0.15, 0.2) is 29.1 Å². The molecule has 0 bridgehead atoms. The van der Waals surface area contributed by atoms with Crippen LogP contribution in [0.5, 0.6) is 0 Å². The van der Waals surface area contributed by atoms with Gasteiger partial charge in [-0.1, -0.05) is 94.5 Å². The van der Waals surface area contributed by atoms with Gasteiger partial charge in [-0.05, 0) is 116 Å². The molecule has 12 atom stereocenters. The van der Waals surface area contributed by atoms with Crippen molar-refractivity contribution in [2.24, 2.45) is 34.3 Å². The summed E-state index contributed by atoms with van der Waals surface area (Å²) in [4.78, 5) is 120. The molecule has 8 amide bonds. The Hall–Kier alpha value is -8.53. The lowest BCUT2D eigenvalue weighted by Crippen LogP contribution is -2.71. The van der Waals surface area contributed by atoms with Gasteiger partial charge in [0.2, 0.25) is 29.5 Å². The van der Waals surface area contributed by atoms with Crippen molar-refractivity contribution in [1.82, 2.24) is 26.6 Å². The van der Waals surface area contributed by atoms with Gasteiger partial charge in [-0.25, -0.2) is 18.4 Å². The summed E-state index contributed by atoms with van der Waals surface area (Å²) in [5.41, 5.74) is 2.41. The van der Waals surface area contributed by atoms with E-state index in [1.54, 1.807) is 49.9 Å². The van der Waals surface area contributed by atoms with Gasteiger partial charge in [-0.2, -0.15) is 0 Å². The van der Waals surface area contributed by atoms with Crippen molar-refractivity contribution in [1.29, 1.82) is 0 Å². The van der Waals surface area contributed by atoms with E-state index in [0.29, 0.717) is 56.1 Å². The summed E-state index contributed by atoms with van der Waals surface area (Å²) in [7, 11) is 0. The van der Waals surface area contributed by atoms with Crippen LogP contribution < -0.4 is 42.5 Å². The highest BCUT2D eigenvalue weighted by molar-refractivity contribution is 6.02. The van der Waals surface area contributed by atoms with E-state index in [1.165, 1.54) is 19.1 Å². The predicted octanol–water partition coefficient (Wildman–Crippen LogP) is 5.98. The summed E-state index contributed by atoms with van der Waals surface area (Å²) >= 11 is 0. The SMILES string of the molecule is CCCC1O[C@@H]2C[C@H]3[C@@H]4C[C@H](F)C5=CC(=O)C=C[C@]5(C)[C@@]4(F)[C@@H](O)C[C@]3(C)[C@]2(C(=O)COCNC(=O)OCc2ccc(NC(=O)[C@H](CCCNC(N)=O)NC(=O)[C@@H](NC(=O)CCOCCOCCOCCOCCNC(=O)CCC(=O)N3Cc4ccccc4C#Cc4ccccc43)C(C)C)cc2)O1. The normalized spacial score (nSPS) is 25.4. The average molecular weight is 1440 g/mol. The molecule has 9 N–H and O–H groups in total. The van der Waals surface area contributed by atoms with E-state index in [1.807, 2.05) is 55.5 Å². The number of rotatable bonds is 37. The molecule has 0 aromatic heterocycles. The van der Waals surface area contributed by atoms with E-state index in [9.17, 15) is 48.3 Å². The number of halogens is 2. The number of hydrogen-bond donors (Lipinski definition) is 8. The zero-order chi connectivity index (χ0) is 73.9. The number of allylic oxidation sites excluding steroid dienone is 4. The number of ketones is 2. The van der Waals surface area contributed by atoms with E-state index in [-0.39, 0.29) is 121 Å². The number of aliphatic hydroxyl groups excluding tert-OH is 1. The summed E-state index contributed by atoms with van der Waals surface area (Å²) in [5.74, 6) is 1.12. The Kier molecular flexibility index (Phi) is 27.7. The number of para-hydroxylation sites is 1. The Bertz CT molecular complexity index is 3660. The molecule has 4 fully saturated rings. The number of Topliss-reactive ketones (excluding diaryl/α,β-unsaturated/α-hetero) is 1. The van der Waals surface area contributed by atoms with Crippen molar-refractivity contribution in [2.45, 2.75) is 160 Å². The largest absolute Gasteiger partial charge is 0.445 e. The lowest BCUT2D eigenvalue weighted by atomic mass is 9.44. The molecule has 4 aliphatic carbocycles. The molecule has 0 radical (unpaired) electrons. The second-order valence-corrected chi connectivity index (χ2v) is 27.4. The molecule has 26 nitrogen and oxygen atoms in total. The Labute approximate surface area is 598 Å². The molecular weight excluding hydrogens is 1340 g/mol. The van der Waals surface area contributed by atoms with E-state index in [4.69, 9.17) is 43.6 Å². The van der Waals surface area contributed by atoms with Crippen molar-refractivity contribution in [3.05, 3.63) is 119 Å². The highest BCUT2D eigenvalue weighted by atomic mass is 19.1. The van der Waals surface area contributed by atoms with E-state index in [0.717, 1.165) is 22.8 Å². The fraction of sp³-hybridized carbons (Fsp3) is 0.560. The van der Waals surface area contributed by atoms with E-state index < -0.39 is 131 Å². The molecule has 2 heterocycles. The van der Waals surface area contributed by atoms with Gasteiger partial charge in [0, 0.05) is 65.9 Å². The summed E-state index contributed by atoms with van der Waals surface area (Å²) in [6, 6.07) is 18.5. The van der Waals surface area contributed by atoms with Crippen LogP contribution in [0, 0.1) is 40.4 Å². The van der Waals surface area contributed by atoms with Gasteiger partial charge in [0.1, 0.15) is 38.2 Å². The van der Waals surface area contributed by atoms with Crippen LogP contribution in [0.25, 0.3) is 0 Å². The number of carbonyl (C=O) groups is 9. The molecule has 0 spiro atoms. The van der Waals surface area contributed by atoms with Gasteiger partial charge in [0.25, 0.3) is 0 Å². The molecular formula is C75H96F2N8O18. The smallest absolute Gasteiger partial charge is 0.409 e. The number of primary amides is 1. The third kappa shape index (κ3) is 18.9. The number of nitrogens with one attached hydrogen (secondary N) is 6. The molecule has 2 aliphatic heterocycles. The lowest BCUT2D eigenvalue weighted by Gasteiger charge is -2.63. The molecule has 3 saturated carbocycles. The third-order valence-electron chi connectivity index (χ3n) is 20.3. The third-order valence-corrected chi connectivity index (χ3v) is 20.3. The summed E-state index contributed by atoms with van der Waals surface area (Å²) in [6.07, 6.45) is -1.16. The molecule has 103 heavy (non-hydrogen) atoms. The number of alkyl halides is 2. The van der Waals surface area contributed by atoms with Crippen LogP contribution in [0.15, 0.2) is 96.6 Å². The first kappa shape index (κ1) is 78.6. The number of nitrogens with two attached hydrogens (primary N) is 1. The Morgan fingerprint density at radius 1 is 0.767 bits per heavy atom. The number of anilines is 2. The monoisotopic (exact) mass is 1430 g/mol. The zero-order valence-corrected chi connectivity index (χ0v) is 59.0. The van der Waals surface area contributed by atoms with Crippen LogP contribution in [-0.4, -0.2) is 186 Å². The number of aliphatic hydroxyl groups is 1. The lowest BCUT2D eigenvalue weighted by molar-refractivity contribution is -0.235. The number of alkyl carbamates (subject to hydrolysis) is 1. The van der Waals surface area contributed by atoms with Gasteiger partial charge in [-0.15, -0.1) is 0 Å². The average Bonchev–Trinajstić information content (AvgIpc) is 1.57. The molecule has 28 heteroatoms. The number of amides is 8. The summed E-state index contributed by atoms with van der Waals surface area (Å²) in [5, 5.41) is 27.9. The van der Waals surface area contributed by atoms with Crippen LogP contribution in [-0.2, 0) is 84.6 Å². The van der Waals surface area contributed by atoms with E-state index >= 15 is 8.78 Å². The fourth-order valence-corrected chi connectivity index (χ4v) is 15.0. The minimum atomic E-state index is -2.37. The number of hydrogen-bond acceptors (Lipinski definition) is 18. The second kappa shape index (κ2) is 36.3. The predicted molar refractivity (Wildman–Crippen MR) is 371 cm³/mol. The highest BCUT2D eigenvalue weighted by Crippen LogP contribution is 2.72.